The van der Waals surface area contributed by atoms with Crippen LogP contribution in [-0.4, -0.2) is 24.1 Å². The van der Waals surface area contributed by atoms with Gasteiger partial charge in [-0.1, -0.05) is 0 Å². The molecule has 1 aromatic rings. The lowest BCUT2D eigenvalue weighted by Gasteiger charge is -2.01. The minimum atomic E-state index is -2.53. The van der Waals surface area contributed by atoms with E-state index in [1.807, 2.05) is 0 Å². The molecular weight excluding hydrogens is 210 g/mol. The fourth-order valence-electron chi connectivity index (χ4n) is 1.03. The van der Waals surface area contributed by atoms with E-state index in [-0.39, 0.29) is 12.4 Å². The van der Waals surface area contributed by atoms with Crippen molar-refractivity contribution < 1.29 is 27.8 Å². The highest BCUT2D eigenvalue weighted by molar-refractivity contribution is 5.84. The van der Waals surface area contributed by atoms with Crippen LogP contribution in [0.2, 0.25) is 0 Å². The van der Waals surface area contributed by atoms with Gasteiger partial charge in [0.15, 0.2) is 0 Å². The number of carboxylic acid groups (broad SMARTS) is 1. The molecule has 84 valence electrons. The van der Waals surface area contributed by atoms with E-state index in [9.17, 15) is 13.6 Å². The summed E-state index contributed by atoms with van der Waals surface area (Å²) in [5.41, 5.74) is 0.466. The number of rotatable bonds is 5. The van der Waals surface area contributed by atoms with Crippen LogP contribution >= 0.6 is 0 Å². The first-order valence-corrected chi connectivity index (χ1v) is 4.19. The van der Waals surface area contributed by atoms with Gasteiger partial charge in [-0.05, 0) is 13.0 Å². The van der Waals surface area contributed by atoms with Crippen LogP contribution in [0, 0.1) is 6.92 Å². The molecule has 1 N–H and O–H groups in total. The zero-order valence-electron chi connectivity index (χ0n) is 8.00. The van der Waals surface area contributed by atoms with Gasteiger partial charge in [0, 0.05) is 5.56 Å². The Bertz CT molecular complexity index is 346. The summed E-state index contributed by atoms with van der Waals surface area (Å²) in [6, 6.07) is 1.27. The maximum atomic E-state index is 11.7. The molecule has 0 aliphatic rings. The van der Waals surface area contributed by atoms with E-state index < -0.39 is 19.0 Å². The van der Waals surface area contributed by atoms with Gasteiger partial charge in [-0.15, -0.1) is 0 Å². The van der Waals surface area contributed by atoms with Crippen LogP contribution in [0.5, 0.6) is 0 Å². The monoisotopic (exact) mass is 220 g/mol. The smallest absolute Gasteiger partial charge is 0.371 e. The standard InChI is InChI=1S/C9H10F2O4/c1-5-6(3-14-4-8(10)11)2-7(15-5)9(12)13/h2,8H,3-4H2,1H3,(H,12,13). The molecule has 0 saturated carbocycles. The van der Waals surface area contributed by atoms with Gasteiger partial charge in [0.05, 0.1) is 6.61 Å². The first-order chi connectivity index (χ1) is 7.00. The van der Waals surface area contributed by atoms with E-state index >= 15 is 0 Å². The highest BCUT2D eigenvalue weighted by atomic mass is 19.3. The number of hydrogen-bond acceptors (Lipinski definition) is 3. The molecule has 6 heteroatoms. The molecule has 4 nitrogen and oxygen atoms in total. The van der Waals surface area contributed by atoms with Gasteiger partial charge in [0.1, 0.15) is 12.4 Å². The van der Waals surface area contributed by atoms with Crippen molar-refractivity contribution in [2.45, 2.75) is 20.0 Å². The molecule has 0 unspecified atom stereocenters. The summed E-state index contributed by atoms with van der Waals surface area (Å²) in [5.74, 6) is -1.05. The van der Waals surface area contributed by atoms with Crippen LogP contribution in [0.15, 0.2) is 10.5 Å². The molecule has 1 heterocycles. The van der Waals surface area contributed by atoms with E-state index in [4.69, 9.17) is 9.52 Å². The summed E-state index contributed by atoms with van der Waals surface area (Å²) in [4.78, 5) is 10.5. The summed E-state index contributed by atoms with van der Waals surface area (Å²) >= 11 is 0. The van der Waals surface area contributed by atoms with Crippen molar-refractivity contribution in [2.24, 2.45) is 0 Å². The van der Waals surface area contributed by atoms with E-state index in [2.05, 4.69) is 4.74 Å². The van der Waals surface area contributed by atoms with Gasteiger partial charge < -0.3 is 14.3 Å². The lowest BCUT2D eigenvalue weighted by atomic mass is 10.2. The Kier molecular flexibility index (Phi) is 3.79. The fourth-order valence-corrected chi connectivity index (χ4v) is 1.03. The maximum Gasteiger partial charge on any atom is 0.371 e. The zero-order chi connectivity index (χ0) is 11.4. The normalized spacial score (nSPS) is 10.9. The second-order valence-electron chi connectivity index (χ2n) is 2.90. The third-order valence-corrected chi connectivity index (χ3v) is 1.73. The van der Waals surface area contributed by atoms with E-state index in [0.717, 1.165) is 0 Å². The van der Waals surface area contributed by atoms with Crippen molar-refractivity contribution >= 4 is 5.97 Å². The third kappa shape index (κ3) is 3.32. The molecule has 0 atom stereocenters. The third-order valence-electron chi connectivity index (χ3n) is 1.73. The van der Waals surface area contributed by atoms with Crippen molar-refractivity contribution in [1.82, 2.24) is 0 Å². The fraction of sp³-hybridized carbons (Fsp3) is 0.444. The molecule has 0 radical (unpaired) electrons. The predicted octanol–water partition coefficient (Wildman–Crippen LogP) is 2.07. The number of furan rings is 1. The maximum absolute atomic E-state index is 11.7. The Labute approximate surface area is 84.5 Å². The van der Waals surface area contributed by atoms with Gasteiger partial charge in [-0.25, -0.2) is 13.6 Å². The molecule has 0 aliphatic carbocycles. The molecule has 1 rings (SSSR count). The molecule has 0 aromatic carbocycles. The second-order valence-corrected chi connectivity index (χ2v) is 2.90. The van der Waals surface area contributed by atoms with Crippen LogP contribution in [0.25, 0.3) is 0 Å². The predicted molar refractivity (Wildman–Crippen MR) is 46.1 cm³/mol. The van der Waals surface area contributed by atoms with Crippen LogP contribution in [0.4, 0.5) is 8.78 Å². The molecule has 0 amide bonds. The molecule has 0 bridgehead atoms. The Morgan fingerprint density at radius 2 is 2.33 bits per heavy atom. The molecule has 0 fully saturated rings. The minimum Gasteiger partial charge on any atom is -0.475 e. The van der Waals surface area contributed by atoms with Crippen LogP contribution in [-0.2, 0) is 11.3 Å². The molecule has 0 aliphatic heterocycles. The van der Waals surface area contributed by atoms with Gasteiger partial charge in [-0.2, -0.15) is 0 Å². The van der Waals surface area contributed by atoms with E-state index in [0.29, 0.717) is 11.3 Å². The number of aromatic carboxylic acids is 1. The van der Waals surface area contributed by atoms with Gasteiger partial charge >= 0.3 is 5.97 Å². The van der Waals surface area contributed by atoms with Crippen molar-refractivity contribution in [3.63, 3.8) is 0 Å². The number of carboxylic acids is 1. The number of alkyl halides is 2. The number of ether oxygens (including phenoxy) is 1. The summed E-state index contributed by atoms with van der Waals surface area (Å²) in [7, 11) is 0. The topological polar surface area (TPSA) is 59.7 Å². The molecule has 0 saturated heterocycles. The molecule has 0 spiro atoms. The Morgan fingerprint density at radius 1 is 1.67 bits per heavy atom. The first-order valence-electron chi connectivity index (χ1n) is 4.19. The number of aryl methyl sites for hydroxylation is 1. The van der Waals surface area contributed by atoms with E-state index in [1.54, 1.807) is 6.92 Å². The van der Waals surface area contributed by atoms with E-state index in [1.165, 1.54) is 6.07 Å². The summed E-state index contributed by atoms with van der Waals surface area (Å²) in [5, 5.41) is 8.58. The Hall–Kier alpha value is -1.43. The summed E-state index contributed by atoms with van der Waals surface area (Å²) in [6.07, 6.45) is -2.53. The SMILES string of the molecule is Cc1oc(C(=O)O)cc1COCC(F)F. The first kappa shape index (κ1) is 11.6. The van der Waals surface area contributed by atoms with Crippen molar-refractivity contribution in [3.8, 4) is 0 Å². The average molecular weight is 220 g/mol. The van der Waals surface area contributed by atoms with Crippen molar-refractivity contribution in [3.05, 3.63) is 23.2 Å². The van der Waals surface area contributed by atoms with Crippen LogP contribution < -0.4 is 0 Å². The van der Waals surface area contributed by atoms with Gasteiger partial charge in [0.25, 0.3) is 6.43 Å². The minimum absolute atomic E-state index is 0.0764. The highest BCUT2D eigenvalue weighted by Gasteiger charge is 2.13. The van der Waals surface area contributed by atoms with Crippen molar-refractivity contribution in [2.75, 3.05) is 6.61 Å². The number of halogens is 2. The summed E-state index contributed by atoms with van der Waals surface area (Å²) < 4.78 is 33.0. The number of hydrogen-bond donors (Lipinski definition) is 1. The Morgan fingerprint density at radius 3 is 2.80 bits per heavy atom. The van der Waals surface area contributed by atoms with Gasteiger partial charge in [-0.3, -0.25) is 0 Å². The molecule has 15 heavy (non-hydrogen) atoms. The second kappa shape index (κ2) is 4.88. The Balaban J connectivity index is 2.57. The highest BCUT2D eigenvalue weighted by Crippen LogP contribution is 2.15. The molecular formula is C9H10F2O4. The average Bonchev–Trinajstić information content (AvgIpc) is 2.47. The van der Waals surface area contributed by atoms with Crippen molar-refractivity contribution in [1.29, 1.82) is 0 Å². The number of carbonyl (C=O) groups is 1. The molecule has 1 aromatic heterocycles. The largest absolute Gasteiger partial charge is 0.475 e. The van der Waals surface area contributed by atoms with Crippen LogP contribution in [0.1, 0.15) is 21.9 Å². The quantitative estimate of drug-likeness (QED) is 0.825. The lowest BCUT2D eigenvalue weighted by molar-refractivity contribution is 0.00953. The van der Waals surface area contributed by atoms with Gasteiger partial charge in [0.2, 0.25) is 5.76 Å². The van der Waals surface area contributed by atoms with Crippen LogP contribution in [0.3, 0.4) is 0 Å². The zero-order valence-corrected chi connectivity index (χ0v) is 8.00. The summed E-state index contributed by atoms with van der Waals surface area (Å²) in [6.45, 7) is 0.799. The lowest BCUT2D eigenvalue weighted by Crippen LogP contribution is -2.04.